The van der Waals surface area contributed by atoms with Gasteiger partial charge < -0.3 is 9.31 Å². The molecule has 0 fully saturated rings. The van der Waals surface area contributed by atoms with Crippen molar-refractivity contribution in [3.05, 3.63) is 34.4 Å². The van der Waals surface area contributed by atoms with Crippen molar-refractivity contribution in [3.8, 4) is 0 Å². The van der Waals surface area contributed by atoms with E-state index in [1.165, 1.54) is 12.1 Å². The van der Waals surface area contributed by atoms with Crippen LogP contribution in [-0.2, 0) is 9.31 Å². The molecule has 0 unspecified atom stereocenters. The van der Waals surface area contributed by atoms with E-state index in [0.717, 1.165) is 5.46 Å². The zero-order valence-corrected chi connectivity index (χ0v) is 9.38. The molecular weight excluding hydrogens is 209 g/mol. The van der Waals surface area contributed by atoms with E-state index >= 15 is 0 Å². The first-order valence-corrected chi connectivity index (χ1v) is 5.16. The van der Waals surface area contributed by atoms with Gasteiger partial charge in [0.15, 0.2) is 0 Å². The normalized spacial score (nSPS) is 10.1. The number of rotatable bonds is 6. The SMILES string of the molecule is CCOB(OCC)c1ccc([N+](=O)[O-])cc1. The largest absolute Gasteiger partial charge is 0.493 e. The van der Waals surface area contributed by atoms with Gasteiger partial charge in [-0.05, 0) is 19.3 Å². The molecule has 1 aromatic rings. The highest BCUT2D eigenvalue weighted by Gasteiger charge is 2.20. The van der Waals surface area contributed by atoms with Crippen molar-refractivity contribution < 1.29 is 14.2 Å². The van der Waals surface area contributed by atoms with Gasteiger partial charge in [-0.15, -0.1) is 0 Å². The topological polar surface area (TPSA) is 61.6 Å². The molecule has 0 bridgehead atoms. The monoisotopic (exact) mass is 223 g/mol. The molecule has 16 heavy (non-hydrogen) atoms. The summed E-state index contributed by atoms with van der Waals surface area (Å²) in [4.78, 5) is 10.0. The minimum absolute atomic E-state index is 0.0653. The van der Waals surface area contributed by atoms with Crippen LogP contribution < -0.4 is 5.46 Å². The Morgan fingerprint density at radius 3 is 2.06 bits per heavy atom. The second-order valence-corrected chi connectivity index (χ2v) is 3.09. The Bertz CT molecular complexity index is 335. The number of nitro benzene ring substituents is 1. The second-order valence-electron chi connectivity index (χ2n) is 3.09. The van der Waals surface area contributed by atoms with Crippen LogP contribution in [0.25, 0.3) is 0 Å². The maximum absolute atomic E-state index is 10.5. The number of hydrogen-bond donors (Lipinski definition) is 0. The molecule has 0 amide bonds. The minimum Gasteiger partial charge on any atom is -0.408 e. The van der Waals surface area contributed by atoms with Crippen LogP contribution in [-0.4, -0.2) is 25.3 Å². The van der Waals surface area contributed by atoms with Crippen LogP contribution in [0.2, 0.25) is 0 Å². The van der Waals surface area contributed by atoms with Gasteiger partial charge in [-0.3, -0.25) is 10.1 Å². The summed E-state index contributed by atoms with van der Waals surface area (Å²) in [5, 5.41) is 10.5. The molecule has 0 saturated carbocycles. The van der Waals surface area contributed by atoms with E-state index in [2.05, 4.69) is 0 Å². The van der Waals surface area contributed by atoms with Crippen molar-refractivity contribution in [2.75, 3.05) is 13.2 Å². The molecule has 0 spiro atoms. The lowest BCUT2D eigenvalue weighted by Gasteiger charge is -2.12. The van der Waals surface area contributed by atoms with Crippen LogP contribution in [0.5, 0.6) is 0 Å². The fourth-order valence-corrected chi connectivity index (χ4v) is 1.30. The molecule has 0 saturated heterocycles. The van der Waals surface area contributed by atoms with E-state index in [1.807, 2.05) is 13.8 Å². The summed E-state index contributed by atoms with van der Waals surface area (Å²) >= 11 is 0. The van der Waals surface area contributed by atoms with Gasteiger partial charge in [0.1, 0.15) is 0 Å². The van der Waals surface area contributed by atoms with Gasteiger partial charge in [0.2, 0.25) is 0 Å². The first-order valence-electron chi connectivity index (χ1n) is 5.16. The number of non-ortho nitro benzene ring substituents is 1. The lowest BCUT2D eigenvalue weighted by atomic mass is 9.79. The summed E-state index contributed by atoms with van der Waals surface area (Å²) in [5.41, 5.74) is 0.852. The van der Waals surface area contributed by atoms with Gasteiger partial charge in [-0.1, -0.05) is 12.1 Å². The van der Waals surface area contributed by atoms with Gasteiger partial charge in [0.05, 0.1) is 4.92 Å². The Balaban J connectivity index is 2.80. The molecule has 0 N–H and O–H groups in total. The van der Waals surface area contributed by atoms with Crippen molar-refractivity contribution in [3.63, 3.8) is 0 Å². The molecule has 5 nitrogen and oxygen atoms in total. The molecule has 0 atom stereocenters. The Kier molecular flexibility index (Phi) is 4.95. The standard InChI is InChI=1S/C10H14BNO4/c1-3-15-11(16-4-2)9-5-7-10(8-6-9)12(13)14/h5-8H,3-4H2,1-2H3. The summed E-state index contributed by atoms with van der Waals surface area (Å²) in [5.74, 6) is 0. The van der Waals surface area contributed by atoms with Crippen LogP contribution in [0.1, 0.15) is 13.8 Å². The first kappa shape index (κ1) is 12.7. The maximum Gasteiger partial charge on any atom is 0.493 e. The van der Waals surface area contributed by atoms with E-state index in [0.29, 0.717) is 13.2 Å². The third-order valence-corrected chi connectivity index (χ3v) is 2.01. The molecule has 0 heterocycles. The predicted octanol–water partition coefficient (Wildman–Crippen LogP) is 1.36. The van der Waals surface area contributed by atoms with E-state index in [9.17, 15) is 10.1 Å². The predicted molar refractivity (Wildman–Crippen MR) is 61.7 cm³/mol. The number of hydrogen-bond acceptors (Lipinski definition) is 4. The van der Waals surface area contributed by atoms with Crippen molar-refractivity contribution in [2.24, 2.45) is 0 Å². The highest BCUT2D eigenvalue weighted by molar-refractivity contribution is 6.61. The summed E-state index contributed by atoms with van der Waals surface area (Å²) in [6.07, 6.45) is 0. The summed E-state index contributed by atoms with van der Waals surface area (Å²) in [6, 6.07) is 6.18. The Hall–Kier alpha value is -1.40. The molecule has 0 aliphatic heterocycles. The van der Waals surface area contributed by atoms with Crippen molar-refractivity contribution >= 4 is 18.3 Å². The minimum atomic E-state index is -0.448. The van der Waals surface area contributed by atoms with Crippen LogP contribution in [0.15, 0.2) is 24.3 Å². The van der Waals surface area contributed by atoms with Crippen LogP contribution in [0, 0.1) is 10.1 Å². The zero-order valence-electron chi connectivity index (χ0n) is 9.38. The number of benzene rings is 1. The van der Waals surface area contributed by atoms with Crippen LogP contribution >= 0.6 is 0 Å². The van der Waals surface area contributed by atoms with Crippen LogP contribution in [0.3, 0.4) is 0 Å². The molecule has 6 heteroatoms. The van der Waals surface area contributed by atoms with E-state index in [1.54, 1.807) is 12.1 Å². The van der Waals surface area contributed by atoms with Gasteiger partial charge in [0, 0.05) is 25.3 Å². The fourth-order valence-electron chi connectivity index (χ4n) is 1.30. The van der Waals surface area contributed by atoms with E-state index < -0.39 is 12.0 Å². The quantitative estimate of drug-likeness (QED) is 0.415. The summed E-state index contributed by atoms with van der Waals surface area (Å²) in [7, 11) is -0.448. The zero-order chi connectivity index (χ0) is 12.0. The van der Waals surface area contributed by atoms with Gasteiger partial charge in [-0.2, -0.15) is 0 Å². The maximum atomic E-state index is 10.5. The molecule has 86 valence electrons. The van der Waals surface area contributed by atoms with Gasteiger partial charge >= 0.3 is 7.12 Å². The molecule has 0 aliphatic rings. The van der Waals surface area contributed by atoms with E-state index in [4.69, 9.17) is 9.31 Å². The third-order valence-electron chi connectivity index (χ3n) is 2.01. The summed E-state index contributed by atoms with van der Waals surface area (Å²) < 4.78 is 10.8. The highest BCUT2D eigenvalue weighted by atomic mass is 16.6. The average molecular weight is 223 g/mol. The van der Waals surface area contributed by atoms with Gasteiger partial charge in [0.25, 0.3) is 5.69 Å². The van der Waals surface area contributed by atoms with Crippen molar-refractivity contribution in [2.45, 2.75) is 13.8 Å². The van der Waals surface area contributed by atoms with E-state index in [-0.39, 0.29) is 5.69 Å². The summed E-state index contributed by atoms with van der Waals surface area (Å²) in [6.45, 7) is 4.80. The smallest absolute Gasteiger partial charge is 0.408 e. The second kappa shape index (κ2) is 6.24. The lowest BCUT2D eigenvalue weighted by Crippen LogP contribution is -2.36. The van der Waals surface area contributed by atoms with Gasteiger partial charge in [-0.25, -0.2) is 0 Å². The van der Waals surface area contributed by atoms with Crippen LogP contribution in [0.4, 0.5) is 5.69 Å². The molecule has 1 aromatic carbocycles. The molecule has 1 rings (SSSR count). The molecular formula is C10H14BNO4. The molecule has 0 aliphatic carbocycles. The lowest BCUT2D eigenvalue weighted by molar-refractivity contribution is -0.384. The average Bonchev–Trinajstić information content (AvgIpc) is 2.29. The number of nitrogens with zero attached hydrogens (tertiary/aromatic N) is 1. The molecule has 0 radical (unpaired) electrons. The highest BCUT2D eigenvalue weighted by Crippen LogP contribution is 2.07. The Morgan fingerprint density at radius 1 is 1.19 bits per heavy atom. The van der Waals surface area contributed by atoms with Crippen molar-refractivity contribution in [1.29, 1.82) is 0 Å². The fraction of sp³-hybridized carbons (Fsp3) is 0.400. The van der Waals surface area contributed by atoms with Crippen molar-refractivity contribution in [1.82, 2.24) is 0 Å². The third kappa shape index (κ3) is 3.32. The Labute approximate surface area is 94.7 Å². The first-order chi connectivity index (χ1) is 7.69. The molecule has 0 aromatic heterocycles. The number of nitro groups is 1. The Morgan fingerprint density at radius 2 is 1.69 bits per heavy atom.